The van der Waals surface area contributed by atoms with Crippen molar-refractivity contribution in [2.75, 3.05) is 26.5 Å². The van der Waals surface area contributed by atoms with Crippen molar-refractivity contribution in [3.8, 4) is 11.5 Å². The largest absolute Gasteiger partial charge is 0.454 e. The highest BCUT2D eigenvalue weighted by molar-refractivity contribution is 5.68. The minimum absolute atomic E-state index is 0.216. The molecule has 138 valence electrons. The highest BCUT2D eigenvalue weighted by Gasteiger charge is 2.21. The number of carbonyl (C=O) groups excluding carboxylic acids is 1. The summed E-state index contributed by atoms with van der Waals surface area (Å²) in [6.07, 6.45) is 5.33. The standard InChI is InChI=1S/C19H23N3O4/c1-14(11-15-3-4-16-17(12-15)26-13-25-16)18-20-5-7-21(18)8-9-22-6-2-10-24-19(22)23/h3-5,7,12,14H,2,6,8-11,13H2,1H3/t14-/m0/s1. The smallest absolute Gasteiger partial charge is 0.409 e. The first kappa shape index (κ1) is 16.8. The highest BCUT2D eigenvalue weighted by atomic mass is 16.7. The van der Waals surface area contributed by atoms with E-state index in [0.29, 0.717) is 13.2 Å². The van der Waals surface area contributed by atoms with Gasteiger partial charge in [-0.2, -0.15) is 0 Å². The summed E-state index contributed by atoms with van der Waals surface area (Å²) in [5.41, 5.74) is 1.19. The molecule has 1 fully saturated rings. The Balaban J connectivity index is 1.40. The van der Waals surface area contributed by atoms with Gasteiger partial charge < -0.3 is 23.7 Å². The first-order valence-corrected chi connectivity index (χ1v) is 9.02. The number of ether oxygens (including phenoxy) is 3. The number of imidazole rings is 1. The molecule has 1 saturated heterocycles. The van der Waals surface area contributed by atoms with Crippen LogP contribution in [0.1, 0.15) is 30.7 Å². The van der Waals surface area contributed by atoms with Crippen LogP contribution in [0.3, 0.4) is 0 Å². The molecule has 4 rings (SSSR count). The van der Waals surface area contributed by atoms with E-state index in [0.717, 1.165) is 43.3 Å². The number of rotatable bonds is 6. The molecule has 0 spiro atoms. The molecule has 26 heavy (non-hydrogen) atoms. The van der Waals surface area contributed by atoms with Gasteiger partial charge >= 0.3 is 6.09 Å². The number of hydrogen-bond donors (Lipinski definition) is 0. The first-order chi connectivity index (χ1) is 12.7. The summed E-state index contributed by atoms with van der Waals surface area (Å²) in [6.45, 7) is 5.10. The van der Waals surface area contributed by atoms with Crippen LogP contribution < -0.4 is 9.47 Å². The van der Waals surface area contributed by atoms with Crippen LogP contribution >= 0.6 is 0 Å². The SMILES string of the molecule is C[C@@H](Cc1ccc2c(c1)OCO2)c1nccn1CCN1CCCOC1=O. The Hall–Kier alpha value is -2.70. The minimum Gasteiger partial charge on any atom is -0.454 e. The molecule has 0 N–H and O–H groups in total. The fraction of sp³-hybridized carbons (Fsp3) is 0.474. The van der Waals surface area contributed by atoms with Crippen molar-refractivity contribution in [2.24, 2.45) is 0 Å². The van der Waals surface area contributed by atoms with Gasteiger partial charge in [-0.1, -0.05) is 13.0 Å². The van der Waals surface area contributed by atoms with E-state index in [1.54, 1.807) is 4.90 Å². The van der Waals surface area contributed by atoms with E-state index in [1.165, 1.54) is 5.56 Å². The van der Waals surface area contributed by atoms with E-state index < -0.39 is 0 Å². The molecule has 1 amide bonds. The average Bonchev–Trinajstić information content (AvgIpc) is 3.29. The molecule has 0 bridgehead atoms. The lowest BCUT2D eigenvalue weighted by molar-refractivity contribution is 0.0715. The monoisotopic (exact) mass is 357 g/mol. The van der Waals surface area contributed by atoms with Gasteiger partial charge in [0.1, 0.15) is 5.82 Å². The molecule has 2 aromatic rings. The van der Waals surface area contributed by atoms with Crippen LogP contribution in [0.5, 0.6) is 11.5 Å². The molecule has 1 aromatic heterocycles. The van der Waals surface area contributed by atoms with Crippen LogP contribution in [0.2, 0.25) is 0 Å². The summed E-state index contributed by atoms with van der Waals surface area (Å²) in [5, 5.41) is 0. The van der Waals surface area contributed by atoms with Crippen LogP contribution in [0, 0.1) is 0 Å². The van der Waals surface area contributed by atoms with Crippen LogP contribution in [-0.4, -0.2) is 47.0 Å². The summed E-state index contributed by atoms with van der Waals surface area (Å²) >= 11 is 0. The van der Waals surface area contributed by atoms with E-state index in [4.69, 9.17) is 14.2 Å². The van der Waals surface area contributed by atoms with Gasteiger partial charge in [-0.05, 0) is 30.5 Å². The predicted octanol–water partition coefficient (Wildman–Crippen LogP) is 2.80. The number of carbonyl (C=O) groups is 1. The van der Waals surface area contributed by atoms with Crippen molar-refractivity contribution < 1.29 is 19.0 Å². The van der Waals surface area contributed by atoms with Crippen molar-refractivity contribution in [3.05, 3.63) is 42.0 Å². The molecule has 0 unspecified atom stereocenters. The number of amides is 1. The molecular formula is C19H23N3O4. The zero-order chi connectivity index (χ0) is 17.9. The lowest BCUT2D eigenvalue weighted by Crippen LogP contribution is -2.39. The molecule has 1 aromatic carbocycles. The van der Waals surface area contributed by atoms with Crippen molar-refractivity contribution in [1.82, 2.24) is 14.5 Å². The fourth-order valence-electron chi connectivity index (χ4n) is 3.48. The normalized spacial score (nSPS) is 17.3. The van der Waals surface area contributed by atoms with Crippen molar-refractivity contribution in [1.29, 1.82) is 0 Å². The Bertz CT molecular complexity index is 789. The Kier molecular flexibility index (Phi) is 4.69. The quantitative estimate of drug-likeness (QED) is 0.795. The maximum Gasteiger partial charge on any atom is 0.409 e. The molecule has 0 aliphatic carbocycles. The number of aromatic nitrogens is 2. The van der Waals surface area contributed by atoms with Gasteiger partial charge in [-0.15, -0.1) is 0 Å². The second kappa shape index (κ2) is 7.27. The second-order valence-electron chi connectivity index (χ2n) is 6.73. The second-order valence-corrected chi connectivity index (χ2v) is 6.73. The lowest BCUT2D eigenvalue weighted by Gasteiger charge is -2.26. The van der Waals surface area contributed by atoms with Gasteiger partial charge in [0, 0.05) is 37.9 Å². The zero-order valence-corrected chi connectivity index (χ0v) is 14.9. The van der Waals surface area contributed by atoms with Crippen LogP contribution in [0.25, 0.3) is 0 Å². The lowest BCUT2D eigenvalue weighted by atomic mass is 10.00. The van der Waals surface area contributed by atoms with Crippen molar-refractivity contribution in [3.63, 3.8) is 0 Å². The fourth-order valence-corrected chi connectivity index (χ4v) is 3.48. The maximum atomic E-state index is 11.8. The third-order valence-corrected chi connectivity index (χ3v) is 4.83. The molecule has 0 radical (unpaired) electrons. The minimum atomic E-state index is -0.216. The summed E-state index contributed by atoms with van der Waals surface area (Å²) in [5.74, 6) is 2.88. The molecule has 7 nitrogen and oxygen atoms in total. The molecular weight excluding hydrogens is 334 g/mol. The number of benzene rings is 1. The Labute approximate surface area is 152 Å². The third-order valence-electron chi connectivity index (χ3n) is 4.83. The first-order valence-electron chi connectivity index (χ1n) is 9.02. The van der Waals surface area contributed by atoms with E-state index in [9.17, 15) is 4.79 Å². The molecule has 1 atom stereocenters. The predicted molar refractivity (Wildman–Crippen MR) is 94.4 cm³/mol. The van der Waals surface area contributed by atoms with Gasteiger partial charge in [-0.25, -0.2) is 9.78 Å². The molecule has 7 heteroatoms. The van der Waals surface area contributed by atoms with Gasteiger partial charge in [0.2, 0.25) is 6.79 Å². The topological polar surface area (TPSA) is 65.8 Å². The summed E-state index contributed by atoms with van der Waals surface area (Å²) in [6, 6.07) is 6.07. The maximum absolute atomic E-state index is 11.8. The van der Waals surface area contributed by atoms with Gasteiger partial charge in [-0.3, -0.25) is 0 Å². The van der Waals surface area contributed by atoms with Gasteiger partial charge in [0.05, 0.1) is 6.61 Å². The van der Waals surface area contributed by atoms with Crippen LogP contribution in [-0.2, 0) is 17.7 Å². The highest BCUT2D eigenvalue weighted by Crippen LogP contribution is 2.33. The third kappa shape index (κ3) is 3.47. The summed E-state index contributed by atoms with van der Waals surface area (Å²) in [7, 11) is 0. The summed E-state index contributed by atoms with van der Waals surface area (Å²) < 4.78 is 18.0. The molecule has 2 aliphatic rings. The van der Waals surface area contributed by atoms with E-state index >= 15 is 0 Å². The van der Waals surface area contributed by atoms with E-state index in [-0.39, 0.29) is 18.8 Å². The summed E-state index contributed by atoms with van der Waals surface area (Å²) in [4.78, 5) is 18.1. The number of cyclic esters (lactones) is 1. The van der Waals surface area contributed by atoms with Crippen molar-refractivity contribution in [2.45, 2.75) is 32.2 Å². The Morgan fingerprint density at radius 3 is 2.96 bits per heavy atom. The van der Waals surface area contributed by atoms with Gasteiger partial charge in [0.25, 0.3) is 0 Å². The molecule has 0 saturated carbocycles. The molecule has 2 aliphatic heterocycles. The number of nitrogens with zero attached hydrogens (tertiary/aromatic N) is 3. The van der Waals surface area contributed by atoms with Gasteiger partial charge in [0.15, 0.2) is 11.5 Å². The molecule has 3 heterocycles. The zero-order valence-electron chi connectivity index (χ0n) is 14.9. The Morgan fingerprint density at radius 2 is 2.08 bits per heavy atom. The Morgan fingerprint density at radius 1 is 1.19 bits per heavy atom. The number of hydrogen-bond acceptors (Lipinski definition) is 5. The van der Waals surface area contributed by atoms with E-state index in [1.807, 2.05) is 24.5 Å². The van der Waals surface area contributed by atoms with E-state index in [2.05, 4.69) is 22.5 Å². The van der Waals surface area contributed by atoms with Crippen LogP contribution in [0.15, 0.2) is 30.6 Å². The average molecular weight is 357 g/mol. The van der Waals surface area contributed by atoms with Crippen LogP contribution in [0.4, 0.5) is 4.79 Å². The number of fused-ring (bicyclic) bond motifs is 1. The van der Waals surface area contributed by atoms with Crippen molar-refractivity contribution >= 4 is 6.09 Å².